The first-order valence-electron chi connectivity index (χ1n) is 11.0. The first-order valence-corrected chi connectivity index (χ1v) is 11.0. The Kier molecular flexibility index (Phi) is 7.39. The van der Waals surface area contributed by atoms with Crippen molar-refractivity contribution in [2.45, 2.75) is 76.3 Å². The number of piperidine rings is 2. The first-order chi connectivity index (χ1) is 13.0. The summed E-state index contributed by atoms with van der Waals surface area (Å²) in [6.07, 6.45) is 12.0. The molecular weight excluding hydrogens is 340 g/mol. The molecule has 0 radical (unpaired) electrons. The van der Waals surface area contributed by atoms with Crippen molar-refractivity contribution in [1.82, 2.24) is 20.0 Å². The summed E-state index contributed by atoms with van der Waals surface area (Å²) < 4.78 is 0. The van der Waals surface area contributed by atoms with E-state index in [1.54, 1.807) is 19.0 Å². The van der Waals surface area contributed by atoms with Gasteiger partial charge in [-0.25, -0.2) is 4.79 Å². The largest absolute Gasteiger partial charge is 0.352 e. The maximum Gasteiger partial charge on any atom is 0.319 e. The van der Waals surface area contributed by atoms with E-state index in [0.717, 1.165) is 31.8 Å². The van der Waals surface area contributed by atoms with Crippen molar-refractivity contribution in [3.05, 3.63) is 0 Å². The minimum absolute atomic E-state index is 0.0557. The van der Waals surface area contributed by atoms with Crippen molar-refractivity contribution in [3.63, 3.8) is 0 Å². The normalized spacial score (nSPS) is 26.4. The van der Waals surface area contributed by atoms with E-state index in [0.29, 0.717) is 19.1 Å². The minimum Gasteiger partial charge on any atom is -0.352 e. The Balaban J connectivity index is 1.44. The third kappa shape index (κ3) is 5.59. The van der Waals surface area contributed by atoms with Crippen LogP contribution >= 0.6 is 0 Å². The Hall–Kier alpha value is -1.30. The van der Waals surface area contributed by atoms with Crippen LogP contribution in [0.5, 0.6) is 0 Å². The molecule has 3 fully saturated rings. The predicted molar refractivity (Wildman–Crippen MR) is 108 cm³/mol. The zero-order chi connectivity index (χ0) is 19.2. The lowest BCUT2D eigenvalue weighted by Gasteiger charge is -2.39. The highest BCUT2D eigenvalue weighted by atomic mass is 16.2. The number of nitrogens with one attached hydrogen (secondary N) is 1. The van der Waals surface area contributed by atoms with E-state index in [4.69, 9.17) is 0 Å². The van der Waals surface area contributed by atoms with E-state index in [2.05, 4.69) is 10.2 Å². The van der Waals surface area contributed by atoms with Crippen LogP contribution in [0.15, 0.2) is 0 Å². The zero-order valence-corrected chi connectivity index (χ0v) is 17.3. The standard InChI is InChI=1S/C21H38N4O2/c1-23(2)21(27)24-14-11-17(12-15-24)20(26)22-18-8-7-13-25(16-18)19-9-5-3-4-6-10-19/h17-19H,3-16H2,1-2H3,(H,22,26)/t18-/m1/s1. The van der Waals surface area contributed by atoms with Crippen LogP contribution in [0.1, 0.15) is 64.2 Å². The van der Waals surface area contributed by atoms with E-state index < -0.39 is 0 Å². The molecule has 0 bridgehead atoms. The molecule has 3 amide bonds. The maximum absolute atomic E-state index is 12.8. The van der Waals surface area contributed by atoms with Crippen LogP contribution < -0.4 is 5.32 Å². The minimum atomic E-state index is 0.0557. The van der Waals surface area contributed by atoms with E-state index in [9.17, 15) is 9.59 Å². The van der Waals surface area contributed by atoms with Crippen molar-refractivity contribution in [2.75, 3.05) is 40.3 Å². The lowest BCUT2D eigenvalue weighted by Crippen LogP contribution is -2.53. The quantitative estimate of drug-likeness (QED) is 0.768. The Morgan fingerprint density at radius 1 is 0.852 bits per heavy atom. The maximum atomic E-state index is 12.8. The summed E-state index contributed by atoms with van der Waals surface area (Å²) in [6.45, 7) is 3.60. The van der Waals surface area contributed by atoms with Gasteiger partial charge in [0.15, 0.2) is 0 Å². The lowest BCUT2D eigenvalue weighted by molar-refractivity contribution is -0.127. The highest BCUT2D eigenvalue weighted by molar-refractivity contribution is 5.80. The van der Waals surface area contributed by atoms with Crippen LogP contribution in [0.2, 0.25) is 0 Å². The summed E-state index contributed by atoms with van der Waals surface area (Å²) in [5, 5.41) is 3.35. The number of carbonyl (C=O) groups is 2. The van der Waals surface area contributed by atoms with Crippen LogP contribution in [-0.2, 0) is 4.79 Å². The second kappa shape index (κ2) is 9.76. The van der Waals surface area contributed by atoms with Crippen LogP contribution in [-0.4, -0.2) is 79.0 Å². The second-order valence-corrected chi connectivity index (χ2v) is 8.93. The molecule has 0 aromatic heterocycles. The summed E-state index contributed by atoms with van der Waals surface area (Å²) in [4.78, 5) is 30.9. The van der Waals surface area contributed by atoms with Gasteiger partial charge in [0, 0.05) is 51.7 Å². The van der Waals surface area contributed by atoms with E-state index >= 15 is 0 Å². The molecular formula is C21H38N4O2. The molecule has 1 N–H and O–H groups in total. The van der Waals surface area contributed by atoms with Gasteiger partial charge in [0.1, 0.15) is 0 Å². The highest BCUT2D eigenvalue weighted by Gasteiger charge is 2.31. The monoisotopic (exact) mass is 378 g/mol. The molecule has 3 rings (SSSR count). The number of likely N-dealkylation sites (tertiary alicyclic amines) is 2. The molecule has 6 nitrogen and oxygen atoms in total. The number of urea groups is 1. The summed E-state index contributed by atoms with van der Waals surface area (Å²) in [7, 11) is 3.56. The van der Waals surface area contributed by atoms with Crippen molar-refractivity contribution < 1.29 is 9.59 Å². The van der Waals surface area contributed by atoms with Crippen LogP contribution in [0, 0.1) is 5.92 Å². The summed E-state index contributed by atoms with van der Waals surface area (Å²) >= 11 is 0. The van der Waals surface area contributed by atoms with E-state index in [1.165, 1.54) is 51.5 Å². The highest BCUT2D eigenvalue weighted by Crippen LogP contribution is 2.25. The number of nitrogens with zero attached hydrogens (tertiary/aromatic N) is 3. The fourth-order valence-electron chi connectivity index (χ4n) is 5.01. The molecule has 3 aliphatic rings. The molecule has 2 aliphatic heterocycles. The molecule has 27 heavy (non-hydrogen) atoms. The molecule has 1 atom stereocenters. The van der Waals surface area contributed by atoms with Gasteiger partial charge in [0.25, 0.3) is 0 Å². The smallest absolute Gasteiger partial charge is 0.319 e. The Morgan fingerprint density at radius 3 is 2.15 bits per heavy atom. The van der Waals surface area contributed by atoms with Crippen LogP contribution in [0.25, 0.3) is 0 Å². The van der Waals surface area contributed by atoms with Gasteiger partial charge >= 0.3 is 6.03 Å². The summed E-state index contributed by atoms with van der Waals surface area (Å²) in [6, 6.07) is 1.09. The molecule has 154 valence electrons. The fourth-order valence-corrected chi connectivity index (χ4v) is 5.01. The first kappa shape index (κ1) is 20.4. The molecule has 1 aliphatic carbocycles. The molecule has 0 aromatic rings. The molecule has 1 saturated carbocycles. The third-order valence-corrected chi connectivity index (χ3v) is 6.66. The number of hydrogen-bond donors (Lipinski definition) is 1. The Morgan fingerprint density at radius 2 is 1.52 bits per heavy atom. The Labute approximate surface area is 164 Å². The van der Waals surface area contributed by atoms with Gasteiger partial charge in [0.2, 0.25) is 5.91 Å². The van der Waals surface area contributed by atoms with Crippen molar-refractivity contribution >= 4 is 11.9 Å². The van der Waals surface area contributed by atoms with Gasteiger partial charge in [-0.3, -0.25) is 9.69 Å². The van der Waals surface area contributed by atoms with Gasteiger partial charge in [-0.1, -0.05) is 25.7 Å². The molecule has 6 heteroatoms. The molecule has 0 aromatic carbocycles. The second-order valence-electron chi connectivity index (χ2n) is 8.93. The molecule has 0 unspecified atom stereocenters. The number of rotatable bonds is 3. The number of amides is 3. The van der Waals surface area contributed by atoms with Crippen LogP contribution in [0.4, 0.5) is 4.79 Å². The molecule has 2 heterocycles. The SMILES string of the molecule is CN(C)C(=O)N1CCC(C(=O)N[C@@H]2CCCN(C3CCCCCC3)C2)CC1. The third-order valence-electron chi connectivity index (χ3n) is 6.66. The van der Waals surface area contributed by atoms with Crippen molar-refractivity contribution in [2.24, 2.45) is 5.92 Å². The van der Waals surface area contributed by atoms with Gasteiger partial charge in [-0.15, -0.1) is 0 Å². The average molecular weight is 379 g/mol. The topological polar surface area (TPSA) is 55.9 Å². The predicted octanol–water partition coefficient (Wildman–Crippen LogP) is 2.68. The fraction of sp³-hybridized carbons (Fsp3) is 0.905. The Bertz CT molecular complexity index is 494. The van der Waals surface area contributed by atoms with Crippen molar-refractivity contribution in [1.29, 1.82) is 0 Å². The summed E-state index contributed by atoms with van der Waals surface area (Å²) in [5.74, 6) is 0.268. The lowest BCUT2D eigenvalue weighted by atomic mass is 9.94. The van der Waals surface area contributed by atoms with Gasteiger partial charge in [0.05, 0.1) is 0 Å². The average Bonchev–Trinajstić information content (AvgIpc) is 2.97. The molecule has 2 saturated heterocycles. The van der Waals surface area contributed by atoms with Crippen LogP contribution in [0.3, 0.4) is 0 Å². The van der Waals surface area contributed by atoms with Crippen molar-refractivity contribution in [3.8, 4) is 0 Å². The number of carbonyl (C=O) groups excluding carboxylic acids is 2. The summed E-state index contributed by atoms with van der Waals surface area (Å²) in [5.41, 5.74) is 0. The zero-order valence-electron chi connectivity index (χ0n) is 17.3. The van der Waals surface area contributed by atoms with E-state index in [-0.39, 0.29) is 17.9 Å². The molecule has 0 spiro atoms. The van der Waals surface area contributed by atoms with Gasteiger partial charge in [-0.2, -0.15) is 0 Å². The van der Waals surface area contributed by atoms with E-state index in [1.807, 2.05) is 4.90 Å². The number of hydrogen-bond acceptors (Lipinski definition) is 3. The van der Waals surface area contributed by atoms with Gasteiger partial charge < -0.3 is 15.1 Å². The van der Waals surface area contributed by atoms with Gasteiger partial charge in [-0.05, 0) is 45.1 Å².